The van der Waals surface area contributed by atoms with E-state index in [1.807, 2.05) is 20.9 Å². The van der Waals surface area contributed by atoms with Gasteiger partial charge in [0, 0.05) is 38.4 Å². The highest BCUT2D eigenvalue weighted by Gasteiger charge is 2.26. The average molecular weight is 311 g/mol. The summed E-state index contributed by atoms with van der Waals surface area (Å²) in [6, 6.07) is 0. The summed E-state index contributed by atoms with van der Waals surface area (Å²) in [6.45, 7) is 6.56. The van der Waals surface area contributed by atoms with Crippen LogP contribution in [0.4, 0.5) is 0 Å². The summed E-state index contributed by atoms with van der Waals surface area (Å²) >= 11 is 0. The SMILES string of the molecule is CCn1ncc(S(=O)(=O)N(C)Cc2cnn(C)c2C)c1C. The molecule has 0 bridgehead atoms. The highest BCUT2D eigenvalue weighted by Crippen LogP contribution is 2.20. The number of hydrogen-bond acceptors (Lipinski definition) is 4. The topological polar surface area (TPSA) is 73.0 Å². The quantitative estimate of drug-likeness (QED) is 0.828. The van der Waals surface area contributed by atoms with Crippen LogP contribution in [0.2, 0.25) is 0 Å². The highest BCUT2D eigenvalue weighted by molar-refractivity contribution is 7.89. The molecule has 21 heavy (non-hydrogen) atoms. The first-order chi connectivity index (χ1) is 9.78. The normalized spacial score (nSPS) is 12.3. The van der Waals surface area contributed by atoms with Gasteiger partial charge in [-0.1, -0.05) is 0 Å². The second-order valence-corrected chi connectivity index (χ2v) is 7.06. The molecule has 0 saturated heterocycles. The molecule has 0 aromatic carbocycles. The van der Waals surface area contributed by atoms with E-state index in [2.05, 4.69) is 10.2 Å². The Morgan fingerprint density at radius 2 is 1.86 bits per heavy atom. The van der Waals surface area contributed by atoms with Crippen molar-refractivity contribution in [1.82, 2.24) is 23.9 Å². The number of aryl methyl sites for hydroxylation is 2. The van der Waals surface area contributed by atoms with Gasteiger partial charge in [0.2, 0.25) is 10.0 Å². The van der Waals surface area contributed by atoms with E-state index >= 15 is 0 Å². The number of hydrogen-bond donors (Lipinski definition) is 0. The third-order valence-electron chi connectivity index (χ3n) is 3.78. The molecule has 2 heterocycles. The first-order valence-corrected chi connectivity index (χ1v) is 8.19. The Morgan fingerprint density at radius 3 is 2.33 bits per heavy atom. The van der Waals surface area contributed by atoms with Gasteiger partial charge in [-0.2, -0.15) is 14.5 Å². The fraction of sp³-hybridized carbons (Fsp3) is 0.538. The van der Waals surface area contributed by atoms with Gasteiger partial charge in [0.25, 0.3) is 0 Å². The Balaban J connectivity index is 2.30. The van der Waals surface area contributed by atoms with Crippen molar-refractivity contribution in [3.63, 3.8) is 0 Å². The molecule has 0 aliphatic rings. The van der Waals surface area contributed by atoms with E-state index in [1.165, 1.54) is 10.5 Å². The Morgan fingerprint density at radius 1 is 1.19 bits per heavy atom. The second-order valence-electron chi connectivity index (χ2n) is 5.05. The van der Waals surface area contributed by atoms with Crippen molar-refractivity contribution in [2.45, 2.75) is 38.8 Å². The molecule has 2 rings (SSSR count). The van der Waals surface area contributed by atoms with Gasteiger partial charge in [0.1, 0.15) is 4.90 Å². The third-order valence-corrected chi connectivity index (χ3v) is 5.68. The second kappa shape index (κ2) is 5.61. The molecule has 0 amide bonds. The molecule has 0 radical (unpaired) electrons. The molecule has 2 aromatic heterocycles. The summed E-state index contributed by atoms with van der Waals surface area (Å²) in [4.78, 5) is 0.258. The summed E-state index contributed by atoms with van der Waals surface area (Å²) in [7, 11) is -0.142. The van der Waals surface area contributed by atoms with Crippen molar-refractivity contribution in [2.75, 3.05) is 7.05 Å². The minimum atomic E-state index is -3.55. The van der Waals surface area contributed by atoms with Crippen LogP contribution in [0.15, 0.2) is 17.3 Å². The maximum atomic E-state index is 12.7. The summed E-state index contributed by atoms with van der Waals surface area (Å²) in [5, 5.41) is 8.24. The summed E-state index contributed by atoms with van der Waals surface area (Å²) in [6.07, 6.45) is 3.12. The predicted molar refractivity (Wildman–Crippen MR) is 79.2 cm³/mol. The minimum absolute atomic E-state index is 0.258. The molecule has 0 saturated carbocycles. The lowest BCUT2D eigenvalue weighted by molar-refractivity contribution is 0.465. The maximum absolute atomic E-state index is 12.7. The molecular formula is C13H21N5O2S. The van der Waals surface area contributed by atoms with Crippen LogP contribution >= 0.6 is 0 Å². The Bertz CT molecular complexity index is 745. The Kier molecular flexibility index (Phi) is 4.20. The molecule has 0 aliphatic heterocycles. The lowest BCUT2D eigenvalue weighted by atomic mass is 10.3. The Labute approximate surface area is 125 Å². The van der Waals surface area contributed by atoms with Gasteiger partial charge in [-0.05, 0) is 20.8 Å². The van der Waals surface area contributed by atoms with Crippen molar-refractivity contribution in [1.29, 1.82) is 0 Å². The zero-order valence-electron chi connectivity index (χ0n) is 13.0. The van der Waals surface area contributed by atoms with Crippen LogP contribution in [-0.2, 0) is 30.2 Å². The van der Waals surface area contributed by atoms with Crippen molar-refractivity contribution in [3.05, 3.63) is 29.3 Å². The number of sulfonamides is 1. The van der Waals surface area contributed by atoms with Crippen molar-refractivity contribution < 1.29 is 8.42 Å². The fourth-order valence-electron chi connectivity index (χ4n) is 2.19. The van der Waals surface area contributed by atoms with Gasteiger partial charge in [-0.25, -0.2) is 8.42 Å². The molecule has 0 spiro atoms. The number of nitrogens with zero attached hydrogens (tertiary/aromatic N) is 5. The molecule has 7 nitrogen and oxygen atoms in total. The van der Waals surface area contributed by atoms with Crippen molar-refractivity contribution in [3.8, 4) is 0 Å². The van der Waals surface area contributed by atoms with Gasteiger partial charge in [-0.15, -0.1) is 0 Å². The maximum Gasteiger partial charge on any atom is 0.246 e. The Hall–Kier alpha value is -1.67. The average Bonchev–Trinajstić information content (AvgIpc) is 2.96. The van der Waals surface area contributed by atoms with Gasteiger partial charge in [-0.3, -0.25) is 9.36 Å². The molecule has 0 fully saturated rings. The highest BCUT2D eigenvalue weighted by atomic mass is 32.2. The fourth-order valence-corrected chi connectivity index (χ4v) is 3.50. The first kappa shape index (κ1) is 15.7. The molecule has 116 valence electrons. The van der Waals surface area contributed by atoms with Crippen LogP contribution < -0.4 is 0 Å². The van der Waals surface area contributed by atoms with Crippen LogP contribution in [0.3, 0.4) is 0 Å². The smallest absolute Gasteiger partial charge is 0.246 e. The van der Waals surface area contributed by atoms with E-state index < -0.39 is 10.0 Å². The predicted octanol–water partition coefficient (Wildman–Crippen LogP) is 1.07. The van der Waals surface area contributed by atoms with Crippen LogP contribution in [0.1, 0.15) is 23.9 Å². The van der Waals surface area contributed by atoms with Crippen molar-refractivity contribution in [2.24, 2.45) is 7.05 Å². The number of rotatable bonds is 5. The largest absolute Gasteiger partial charge is 0.273 e. The number of aromatic nitrogens is 4. The zero-order chi connectivity index (χ0) is 15.8. The lowest BCUT2D eigenvalue weighted by Gasteiger charge is -2.16. The van der Waals surface area contributed by atoms with E-state index in [4.69, 9.17) is 0 Å². The summed E-state index contributed by atoms with van der Waals surface area (Å²) < 4.78 is 30.0. The first-order valence-electron chi connectivity index (χ1n) is 6.75. The van der Waals surface area contributed by atoms with Gasteiger partial charge >= 0.3 is 0 Å². The lowest BCUT2D eigenvalue weighted by Crippen LogP contribution is -2.27. The van der Waals surface area contributed by atoms with Crippen LogP contribution in [-0.4, -0.2) is 39.3 Å². The molecule has 0 aliphatic carbocycles. The van der Waals surface area contributed by atoms with E-state index in [0.29, 0.717) is 18.8 Å². The standard InChI is InChI=1S/C13H21N5O2S/c1-6-18-11(3)13(8-15-18)21(19,20)16(4)9-12-7-14-17(5)10(12)2/h7-8H,6,9H2,1-5H3. The van der Waals surface area contributed by atoms with E-state index in [-0.39, 0.29) is 4.90 Å². The van der Waals surface area contributed by atoms with Gasteiger partial charge in [0.05, 0.1) is 18.1 Å². The summed E-state index contributed by atoms with van der Waals surface area (Å²) in [5.74, 6) is 0. The molecule has 0 atom stereocenters. The zero-order valence-corrected chi connectivity index (χ0v) is 13.8. The third kappa shape index (κ3) is 2.73. The van der Waals surface area contributed by atoms with Crippen LogP contribution in [0.5, 0.6) is 0 Å². The minimum Gasteiger partial charge on any atom is -0.273 e. The molecular weight excluding hydrogens is 290 g/mol. The summed E-state index contributed by atoms with van der Waals surface area (Å²) in [5.41, 5.74) is 2.51. The molecule has 0 N–H and O–H groups in total. The molecule has 8 heteroatoms. The van der Waals surface area contributed by atoms with Crippen LogP contribution in [0.25, 0.3) is 0 Å². The van der Waals surface area contributed by atoms with E-state index in [1.54, 1.807) is 29.5 Å². The van der Waals surface area contributed by atoms with E-state index in [9.17, 15) is 8.42 Å². The van der Waals surface area contributed by atoms with E-state index in [0.717, 1.165) is 11.3 Å². The molecule has 2 aromatic rings. The van der Waals surface area contributed by atoms with Crippen molar-refractivity contribution >= 4 is 10.0 Å². The molecule has 0 unspecified atom stereocenters. The monoisotopic (exact) mass is 311 g/mol. The van der Waals surface area contributed by atoms with Gasteiger partial charge in [0.15, 0.2) is 0 Å². The van der Waals surface area contributed by atoms with Crippen LogP contribution in [0, 0.1) is 13.8 Å². The van der Waals surface area contributed by atoms with Gasteiger partial charge < -0.3 is 0 Å².